The Bertz CT molecular complexity index is 443. The molecule has 1 aromatic carbocycles. The van der Waals surface area contributed by atoms with Crippen LogP contribution >= 0.6 is 11.6 Å². The monoisotopic (exact) mass is 168 g/mol. The van der Waals surface area contributed by atoms with Crippen LogP contribution in [0, 0.1) is 0 Å². The van der Waals surface area contributed by atoms with Crippen LogP contribution in [0.2, 0.25) is 5.02 Å². The molecule has 0 saturated heterocycles. The fraction of sp³-hybridized carbons (Fsp3) is 0. The number of hydrogen-bond acceptors (Lipinski definition) is 1. The Morgan fingerprint density at radius 1 is 1.27 bits per heavy atom. The van der Waals surface area contributed by atoms with E-state index in [9.17, 15) is 4.79 Å². The molecule has 4 heteroatoms. The maximum atomic E-state index is 11.0. The highest BCUT2D eigenvalue weighted by atomic mass is 35.5. The van der Waals surface area contributed by atoms with Crippen molar-refractivity contribution < 1.29 is 0 Å². The summed E-state index contributed by atoms with van der Waals surface area (Å²) in [5.41, 5.74) is 0.563. The molecule has 3 nitrogen and oxygen atoms in total. The molecular formula is C7H5ClN2O. The van der Waals surface area contributed by atoms with E-state index in [-0.39, 0.29) is 5.56 Å². The summed E-state index contributed by atoms with van der Waals surface area (Å²) in [7, 11) is 0. The number of fused-ring (bicyclic) bond motifs is 1. The average molecular weight is 169 g/mol. The van der Waals surface area contributed by atoms with Gasteiger partial charge in [0.1, 0.15) is 0 Å². The van der Waals surface area contributed by atoms with Crippen LogP contribution in [0.25, 0.3) is 10.9 Å². The second-order valence-corrected chi connectivity index (χ2v) is 2.65. The molecule has 0 atom stereocenters. The van der Waals surface area contributed by atoms with E-state index in [4.69, 9.17) is 11.6 Å². The number of halogens is 1. The first-order chi connectivity index (χ1) is 5.29. The van der Waals surface area contributed by atoms with Crippen molar-refractivity contribution in [2.24, 2.45) is 0 Å². The van der Waals surface area contributed by atoms with E-state index in [1.807, 2.05) is 0 Å². The van der Waals surface area contributed by atoms with Gasteiger partial charge in [0.15, 0.2) is 0 Å². The highest BCUT2D eigenvalue weighted by Crippen LogP contribution is 2.16. The molecular weight excluding hydrogens is 164 g/mol. The predicted molar refractivity (Wildman–Crippen MR) is 43.9 cm³/mol. The first kappa shape index (κ1) is 6.49. The number of H-pyrrole nitrogens is 2. The zero-order valence-corrected chi connectivity index (χ0v) is 6.27. The van der Waals surface area contributed by atoms with Crippen molar-refractivity contribution in [3.05, 3.63) is 33.6 Å². The van der Waals surface area contributed by atoms with Gasteiger partial charge in [-0.3, -0.25) is 15.0 Å². The largest absolute Gasteiger partial charge is 0.297 e. The molecule has 2 rings (SSSR count). The van der Waals surface area contributed by atoms with Crippen LogP contribution in [-0.2, 0) is 0 Å². The Morgan fingerprint density at radius 3 is 2.82 bits per heavy atom. The second-order valence-electron chi connectivity index (χ2n) is 2.24. The summed E-state index contributed by atoms with van der Waals surface area (Å²) in [6.07, 6.45) is 0. The molecule has 11 heavy (non-hydrogen) atoms. The Labute approximate surface area is 67.0 Å². The third-order valence-corrected chi connectivity index (χ3v) is 1.87. The van der Waals surface area contributed by atoms with Gasteiger partial charge >= 0.3 is 0 Å². The zero-order valence-electron chi connectivity index (χ0n) is 5.52. The lowest BCUT2D eigenvalue weighted by Crippen LogP contribution is -1.97. The van der Waals surface area contributed by atoms with Crippen molar-refractivity contribution in [1.82, 2.24) is 10.2 Å². The van der Waals surface area contributed by atoms with Crippen molar-refractivity contribution in [2.75, 3.05) is 0 Å². The SMILES string of the molecule is O=c1[nH][nH]c2cccc(Cl)c12. The summed E-state index contributed by atoms with van der Waals surface area (Å²) in [6.45, 7) is 0. The summed E-state index contributed by atoms with van der Waals surface area (Å²) in [4.78, 5) is 11.0. The van der Waals surface area contributed by atoms with Gasteiger partial charge in [-0.05, 0) is 12.1 Å². The molecule has 1 aromatic heterocycles. The third kappa shape index (κ3) is 0.851. The van der Waals surface area contributed by atoms with Crippen molar-refractivity contribution in [3.8, 4) is 0 Å². The van der Waals surface area contributed by atoms with Gasteiger partial charge in [0.2, 0.25) is 0 Å². The molecule has 2 aromatic rings. The van der Waals surface area contributed by atoms with E-state index in [1.54, 1.807) is 18.2 Å². The molecule has 0 unspecified atom stereocenters. The van der Waals surface area contributed by atoms with Crippen LogP contribution < -0.4 is 5.56 Å². The van der Waals surface area contributed by atoms with Crippen LogP contribution in [0.3, 0.4) is 0 Å². The molecule has 0 saturated carbocycles. The quantitative estimate of drug-likeness (QED) is 0.616. The van der Waals surface area contributed by atoms with Crippen LogP contribution in [0.15, 0.2) is 23.0 Å². The van der Waals surface area contributed by atoms with E-state index in [0.717, 1.165) is 5.52 Å². The minimum Gasteiger partial charge on any atom is -0.297 e. The van der Waals surface area contributed by atoms with Gasteiger partial charge < -0.3 is 0 Å². The van der Waals surface area contributed by atoms with E-state index >= 15 is 0 Å². The van der Waals surface area contributed by atoms with E-state index in [1.165, 1.54) is 0 Å². The fourth-order valence-corrected chi connectivity index (χ4v) is 1.31. The molecule has 0 bridgehead atoms. The smallest absolute Gasteiger partial charge is 0.273 e. The number of hydrogen-bond donors (Lipinski definition) is 2. The lowest BCUT2D eigenvalue weighted by Gasteiger charge is -1.87. The second kappa shape index (κ2) is 2.13. The summed E-state index contributed by atoms with van der Waals surface area (Å²) >= 11 is 5.76. The number of rotatable bonds is 0. The van der Waals surface area contributed by atoms with Crippen LogP contribution in [0.1, 0.15) is 0 Å². The molecule has 0 aliphatic carbocycles. The van der Waals surface area contributed by atoms with E-state index < -0.39 is 0 Å². The molecule has 0 radical (unpaired) electrons. The summed E-state index contributed by atoms with van der Waals surface area (Å²) in [5, 5.41) is 6.16. The fourth-order valence-electron chi connectivity index (χ4n) is 1.05. The Hall–Kier alpha value is -1.22. The first-order valence-electron chi connectivity index (χ1n) is 3.14. The van der Waals surface area contributed by atoms with E-state index in [0.29, 0.717) is 10.4 Å². The summed E-state index contributed by atoms with van der Waals surface area (Å²) in [5.74, 6) is 0. The van der Waals surface area contributed by atoms with E-state index in [2.05, 4.69) is 10.2 Å². The Kier molecular flexibility index (Phi) is 1.26. The predicted octanol–water partition coefficient (Wildman–Crippen LogP) is 1.51. The van der Waals surface area contributed by atoms with Crippen LogP contribution in [0.4, 0.5) is 0 Å². The highest BCUT2D eigenvalue weighted by molar-refractivity contribution is 6.35. The molecule has 56 valence electrons. The van der Waals surface area contributed by atoms with Gasteiger partial charge in [0.05, 0.1) is 15.9 Å². The summed E-state index contributed by atoms with van der Waals surface area (Å²) < 4.78 is 0. The van der Waals surface area contributed by atoms with Crippen molar-refractivity contribution in [3.63, 3.8) is 0 Å². The van der Waals surface area contributed by atoms with Gasteiger partial charge in [-0.2, -0.15) is 0 Å². The van der Waals surface area contributed by atoms with Gasteiger partial charge in [-0.1, -0.05) is 17.7 Å². The van der Waals surface area contributed by atoms with Crippen molar-refractivity contribution >= 4 is 22.5 Å². The Morgan fingerprint density at radius 2 is 2.09 bits per heavy atom. The normalized spacial score (nSPS) is 10.6. The highest BCUT2D eigenvalue weighted by Gasteiger charge is 2.02. The molecule has 0 fully saturated rings. The standard InChI is InChI=1S/C7H5ClN2O/c8-4-2-1-3-5-6(4)7(11)10-9-5/h1-3H,(H2,9,10,11). The maximum Gasteiger partial charge on any atom is 0.273 e. The summed E-state index contributed by atoms with van der Waals surface area (Å²) in [6, 6.07) is 5.26. The number of nitrogens with one attached hydrogen (secondary N) is 2. The lowest BCUT2D eigenvalue weighted by atomic mass is 10.2. The molecule has 2 N–H and O–H groups in total. The number of aromatic nitrogens is 2. The molecule has 1 heterocycles. The van der Waals surface area contributed by atoms with Crippen LogP contribution in [-0.4, -0.2) is 10.2 Å². The molecule has 0 aliphatic rings. The molecule has 0 spiro atoms. The van der Waals surface area contributed by atoms with Crippen LogP contribution in [0.5, 0.6) is 0 Å². The van der Waals surface area contributed by atoms with Gasteiger partial charge in [0, 0.05) is 0 Å². The number of benzene rings is 1. The van der Waals surface area contributed by atoms with Gasteiger partial charge in [0.25, 0.3) is 5.56 Å². The minimum absolute atomic E-state index is 0.175. The van der Waals surface area contributed by atoms with Crippen molar-refractivity contribution in [2.45, 2.75) is 0 Å². The zero-order chi connectivity index (χ0) is 7.84. The van der Waals surface area contributed by atoms with Crippen molar-refractivity contribution in [1.29, 1.82) is 0 Å². The average Bonchev–Trinajstić information content (AvgIpc) is 2.34. The Balaban J connectivity index is 3.08. The maximum absolute atomic E-state index is 11.0. The lowest BCUT2D eigenvalue weighted by molar-refractivity contribution is 1.08. The minimum atomic E-state index is -0.175. The molecule has 0 amide bonds. The third-order valence-electron chi connectivity index (χ3n) is 1.55. The number of aromatic amines is 2. The topological polar surface area (TPSA) is 48.6 Å². The van der Waals surface area contributed by atoms with Gasteiger partial charge in [-0.25, -0.2) is 0 Å². The van der Waals surface area contributed by atoms with Gasteiger partial charge in [-0.15, -0.1) is 0 Å². The first-order valence-corrected chi connectivity index (χ1v) is 3.52. The molecule has 0 aliphatic heterocycles.